The van der Waals surface area contributed by atoms with Crippen molar-refractivity contribution in [2.45, 2.75) is 31.6 Å². The van der Waals surface area contributed by atoms with Crippen LogP contribution >= 0.6 is 0 Å². The summed E-state index contributed by atoms with van der Waals surface area (Å²) in [4.78, 5) is 0.277. The molecule has 0 unspecified atom stereocenters. The molecule has 0 aromatic heterocycles. The molecular formula is C14H22N2O3S. The average molecular weight is 298 g/mol. The first-order valence-corrected chi connectivity index (χ1v) is 8.33. The zero-order valence-electron chi connectivity index (χ0n) is 12.0. The first-order chi connectivity index (χ1) is 9.42. The molecule has 0 amide bonds. The van der Waals surface area contributed by atoms with Gasteiger partial charge in [-0.15, -0.1) is 0 Å². The summed E-state index contributed by atoms with van der Waals surface area (Å²) in [5.41, 5.74) is 7.56. The molecule has 1 fully saturated rings. The van der Waals surface area contributed by atoms with Crippen LogP contribution < -0.4 is 10.5 Å². The third-order valence-electron chi connectivity index (χ3n) is 3.50. The third-order valence-corrected chi connectivity index (χ3v) is 5.25. The highest BCUT2D eigenvalue weighted by Gasteiger charge is 2.22. The predicted molar refractivity (Wildman–Crippen MR) is 79.1 cm³/mol. The lowest BCUT2D eigenvalue weighted by Crippen LogP contribution is -2.29. The Morgan fingerprint density at radius 1 is 1.35 bits per heavy atom. The molecule has 0 heterocycles. The van der Waals surface area contributed by atoms with Crippen molar-refractivity contribution >= 4 is 15.7 Å². The van der Waals surface area contributed by atoms with Gasteiger partial charge in [0.05, 0.1) is 11.5 Å². The molecule has 1 aromatic carbocycles. The summed E-state index contributed by atoms with van der Waals surface area (Å²) in [5, 5.41) is 0. The molecule has 0 bridgehead atoms. The summed E-state index contributed by atoms with van der Waals surface area (Å²) < 4.78 is 32.6. The zero-order valence-corrected chi connectivity index (χ0v) is 12.8. The second-order valence-electron chi connectivity index (χ2n) is 5.34. The molecule has 0 radical (unpaired) electrons. The van der Waals surface area contributed by atoms with Crippen LogP contribution in [-0.2, 0) is 14.8 Å². The molecule has 1 aliphatic carbocycles. The van der Waals surface area contributed by atoms with Crippen molar-refractivity contribution in [1.82, 2.24) is 4.72 Å². The fourth-order valence-corrected chi connectivity index (χ4v) is 3.62. The molecule has 0 atom stereocenters. The Morgan fingerprint density at radius 3 is 2.70 bits per heavy atom. The minimum absolute atomic E-state index is 0.277. The van der Waals surface area contributed by atoms with Gasteiger partial charge < -0.3 is 10.5 Å². The number of hydrogen-bond donors (Lipinski definition) is 2. The smallest absolute Gasteiger partial charge is 0.241 e. The Morgan fingerprint density at radius 2 is 2.05 bits per heavy atom. The standard InChI is InChI=1S/C14H22N2O3S/c1-10-3-6-13(15)11(2)14(10)20(17,18)16-7-8-19-9-12-4-5-12/h3,6,12,16H,4-5,7-9,15H2,1-2H3. The summed E-state index contributed by atoms with van der Waals surface area (Å²) in [6.45, 7) is 4.90. The third kappa shape index (κ3) is 3.71. The van der Waals surface area contributed by atoms with E-state index in [0.717, 1.165) is 6.61 Å². The van der Waals surface area contributed by atoms with E-state index in [1.165, 1.54) is 12.8 Å². The molecule has 3 N–H and O–H groups in total. The van der Waals surface area contributed by atoms with Crippen LogP contribution in [0.25, 0.3) is 0 Å². The van der Waals surface area contributed by atoms with Crippen LogP contribution in [0.1, 0.15) is 24.0 Å². The predicted octanol–water partition coefficient (Wildman–Crippen LogP) is 1.59. The van der Waals surface area contributed by atoms with Crippen molar-refractivity contribution in [2.75, 3.05) is 25.5 Å². The van der Waals surface area contributed by atoms with Gasteiger partial charge in [0.25, 0.3) is 0 Å². The fraction of sp³-hybridized carbons (Fsp3) is 0.571. The Bertz CT molecular complexity index is 580. The van der Waals surface area contributed by atoms with Crippen molar-refractivity contribution < 1.29 is 13.2 Å². The summed E-state index contributed by atoms with van der Waals surface area (Å²) in [5.74, 6) is 0.685. The molecule has 1 saturated carbocycles. The Balaban J connectivity index is 1.96. The van der Waals surface area contributed by atoms with Crippen LogP contribution in [0.4, 0.5) is 5.69 Å². The molecule has 20 heavy (non-hydrogen) atoms. The normalized spacial score (nSPS) is 15.5. The highest BCUT2D eigenvalue weighted by molar-refractivity contribution is 7.89. The van der Waals surface area contributed by atoms with Gasteiger partial charge in [-0.2, -0.15) is 0 Å². The number of nitrogen functional groups attached to an aromatic ring is 1. The number of rotatable bonds is 7. The van der Waals surface area contributed by atoms with Crippen LogP contribution in [0.5, 0.6) is 0 Å². The molecule has 5 nitrogen and oxygen atoms in total. The van der Waals surface area contributed by atoms with E-state index in [2.05, 4.69) is 4.72 Å². The Labute approximate surface area is 120 Å². The lowest BCUT2D eigenvalue weighted by Gasteiger charge is -2.13. The van der Waals surface area contributed by atoms with Gasteiger partial charge in [-0.3, -0.25) is 0 Å². The van der Waals surface area contributed by atoms with Gasteiger partial charge in [-0.1, -0.05) is 6.07 Å². The molecule has 2 rings (SSSR count). The maximum Gasteiger partial charge on any atom is 0.241 e. The molecule has 0 spiro atoms. The van der Waals surface area contributed by atoms with Gasteiger partial charge in [-0.25, -0.2) is 13.1 Å². The topological polar surface area (TPSA) is 81.4 Å². The van der Waals surface area contributed by atoms with Crippen LogP contribution in [-0.4, -0.2) is 28.2 Å². The van der Waals surface area contributed by atoms with Crippen molar-refractivity contribution in [2.24, 2.45) is 5.92 Å². The van der Waals surface area contributed by atoms with Gasteiger partial charge in [0.2, 0.25) is 10.0 Å². The monoisotopic (exact) mass is 298 g/mol. The van der Waals surface area contributed by atoms with Crippen molar-refractivity contribution in [3.05, 3.63) is 23.3 Å². The number of sulfonamides is 1. The van der Waals surface area contributed by atoms with Crippen molar-refractivity contribution in [3.63, 3.8) is 0 Å². The average Bonchev–Trinajstić information content (AvgIpc) is 3.17. The molecule has 1 aromatic rings. The molecule has 1 aliphatic rings. The van der Waals surface area contributed by atoms with Gasteiger partial charge in [0, 0.05) is 18.8 Å². The van der Waals surface area contributed by atoms with E-state index in [1.54, 1.807) is 26.0 Å². The van der Waals surface area contributed by atoms with E-state index >= 15 is 0 Å². The zero-order chi connectivity index (χ0) is 14.8. The summed E-state index contributed by atoms with van der Waals surface area (Å²) in [7, 11) is -3.54. The highest BCUT2D eigenvalue weighted by Crippen LogP contribution is 2.28. The largest absolute Gasteiger partial charge is 0.398 e. The maximum atomic E-state index is 12.3. The molecular weight excluding hydrogens is 276 g/mol. The molecule has 6 heteroatoms. The number of ether oxygens (including phenoxy) is 1. The van der Waals surface area contributed by atoms with Gasteiger partial charge in [0.15, 0.2) is 0 Å². The fourth-order valence-electron chi connectivity index (χ4n) is 2.11. The highest BCUT2D eigenvalue weighted by atomic mass is 32.2. The number of benzene rings is 1. The second kappa shape index (κ2) is 6.11. The minimum atomic E-state index is -3.54. The lowest BCUT2D eigenvalue weighted by atomic mass is 10.1. The first-order valence-electron chi connectivity index (χ1n) is 6.85. The molecule has 0 aliphatic heterocycles. The summed E-state index contributed by atoms with van der Waals surface area (Å²) in [6, 6.07) is 3.45. The maximum absolute atomic E-state index is 12.3. The summed E-state index contributed by atoms with van der Waals surface area (Å²) in [6.07, 6.45) is 2.46. The number of hydrogen-bond acceptors (Lipinski definition) is 4. The van der Waals surface area contributed by atoms with E-state index in [9.17, 15) is 8.42 Å². The molecule has 0 saturated heterocycles. The lowest BCUT2D eigenvalue weighted by molar-refractivity contribution is 0.129. The first kappa shape index (κ1) is 15.3. The van der Waals surface area contributed by atoms with Crippen molar-refractivity contribution in [3.8, 4) is 0 Å². The van der Waals surface area contributed by atoms with E-state index < -0.39 is 10.0 Å². The van der Waals surface area contributed by atoms with E-state index in [1.807, 2.05) is 0 Å². The number of anilines is 1. The van der Waals surface area contributed by atoms with Crippen LogP contribution in [0.3, 0.4) is 0 Å². The van der Waals surface area contributed by atoms with E-state index in [-0.39, 0.29) is 11.4 Å². The van der Waals surface area contributed by atoms with E-state index in [0.29, 0.717) is 29.3 Å². The number of aryl methyl sites for hydroxylation is 1. The van der Waals surface area contributed by atoms with E-state index in [4.69, 9.17) is 10.5 Å². The number of nitrogens with one attached hydrogen (secondary N) is 1. The minimum Gasteiger partial charge on any atom is -0.398 e. The van der Waals surface area contributed by atoms with Crippen molar-refractivity contribution in [1.29, 1.82) is 0 Å². The van der Waals surface area contributed by atoms with Gasteiger partial charge in [0.1, 0.15) is 0 Å². The SMILES string of the molecule is Cc1ccc(N)c(C)c1S(=O)(=O)NCCOCC1CC1. The van der Waals surface area contributed by atoms with Gasteiger partial charge in [-0.05, 0) is 49.8 Å². The Kier molecular flexibility index (Phi) is 4.67. The van der Waals surface area contributed by atoms with Crippen LogP contribution in [0, 0.1) is 19.8 Å². The number of nitrogens with two attached hydrogens (primary N) is 1. The summed E-state index contributed by atoms with van der Waals surface area (Å²) >= 11 is 0. The molecule has 112 valence electrons. The van der Waals surface area contributed by atoms with Crippen LogP contribution in [0.15, 0.2) is 17.0 Å². The second-order valence-corrected chi connectivity index (χ2v) is 7.05. The quantitative estimate of drug-likeness (QED) is 0.591. The Hall–Kier alpha value is -1.11. The van der Waals surface area contributed by atoms with Crippen LogP contribution in [0.2, 0.25) is 0 Å². The van der Waals surface area contributed by atoms with Gasteiger partial charge >= 0.3 is 0 Å².